The Morgan fingerprint density at radius 2 is 1.72 bits per heavy atom. The van der Waals surface area contributed by atoms with Crippen LogP contribution < -0.4 is 5.32 Å². The fourth-order valence-electron chi connectivity index (χ4n) is 4.09. The number of nitro groups is 1. The van der Waals surface area contributed by atoms with E-state index in [-0.39, 0.29) is 5.95 Å². The van der Waals surface area contributed by atoms with Gasteiger partial charge in [-0.2, -0.15) is 9.37 Å². The van der Waals surface area contributed by atoms with E-state index < -0.39 is 16.4 Å². The molecular weight excluding hydrogens is 689 g/mol. The maximum atomic E-state index is 13.9. The molecule has 0 bridgehead atoms. The number of para-hydroxylation sites is 1. The lowest BCUT2D eigenvalue weighted by Gasteiger charge is -2.10. The molecule has 5 aromatic rings. The molecule has 0 saturated carbocycles. The predicted molar refractivity (Wildman–Crippen MR) is 156 cm³/mol. The van der Waals surface area contributed by atoms with Crippen molar-refractivity contribution in [1.29, 1.82) is 0 Å². The van der Waals surface area contributed by atoms with Crippen molar-refractivity contribution >= 4 is 65.5 Å². The average Bonchev–Trinajstić information content (AvgIpc) is 3.20. The van der Waals surface area contributed by atoms with Gasteiger partial charge in [-0.25, -0.2) is 9.97 Å². The van der Waals surface area contributed by atoms with Crippen molar-refractivity contribution < 1.29 is 9.31 Å². The fourth-order valence-corrected chi connectivity index (χ4v) is 4.09. The molecule has 0 atom stereocenters. The van der Waals surface area contributed by atoms with Crippen LogP contribution in [0.2, 0.25) is 0 Å². The molecule has 0 radical (unpaired) electrons. The Kier molecular flexibility index (Phi) is 8.08. The van der Waals surface area contributed by atoms with Crippen LogP contribution in [0.1, 0.15) is 5.56 Å². The maximum absolute atomic E-state index is 13.9. The molecule has 0 unspecified atom stereocenters. The van der Waals surface area contributed by atoms with E-state index in [1.165, 1.54) is 6.33 Å². The number of halogens is 3. The molecule has 1 N–H and O–H groups in total. The third-order valence-electron chi connectivity index (χ3n) is 5.69. The zero-order valence-electron chi connectivity index (χ0n) is 19.1. The van der Waals surface area contributed by atoms with Gasteiger partial charge in [-0.15, -0.1) is 0 Å². The second-order valence-corrected chi connectivity index (χ2v) is 7.80. The Bertz CT molecular complexity index is 1560. The van der Waals surface area contributed by atoms with Gasteiger partial charge in [0.25, 0.3) is 0 Å². The molecule has 0 spiro atoms. The van der Waals surface area contributed by atoms with Crippen molar-refractivity contribution in [1.82, 2.24) is 19.5 Å². The second kappa shape index (κ2) is 11.2. The quantitative estimate of drug-likeness (QED) is 0.115. The molecule has 11 heteroatoms. The van der Waals surface area contributed by atoms with Crippen molar-refractivity contribution in [2.24, 2.45) is 7.05 Å². The minimum absolute atomic E-state index is 0.195. The van der Waals surface area contributed by atoms with Crippen molar-refractivity contribution in [2.75, 3.05) is 5.32 Å². The summed E-state index contributed by atoms with van der Waals surface area (Å²) in [5, 5.41) is 15.1. The number of aryl methyl sites for hydroxylation is 2. The lowest BCUT2D eigenvalue weighted by atomic mass is 10.0. The molecule has 3 aromatic carbocycles. The number of hydrogen-bond donors (Lipinski definition) is 1. The molecule has 2 heterocycles. The summed E-state index contributed by atoms with van der Waals surface area (Å²) in [6.07, 6.45) is 1.38. The van der Waals surface area contributed by atoms with Crippen LogP contribution in [-0.2, 0) is 7.05 Å². The van der Waals surface area contributed by atoms with Gasteiger partial charge in [0.1, 0.15) is 6.33 Å². The number of nitrogens with zero attached hydrogens (tertiary/aromatic N) is 5. The highest BCUT2D eigenvalue weighted by atomic mass is 128. The Morgan fingerprint density at radius 1 is 1.03 bits per heavy atom. The van der Waals surface area contributed by atoms with Gasteiger partial charge in [0.2, 0.25) is 11.8 Å². The number of benzene rings is 3. The third-order valence-corrected chi connectivity index (χ3v) is 5.69. The molecule has 0 aliphatic carbocycles. The van der Waals surface area contributed by atoms with Crippen LogP contribution >= 0.6 is 37.2 Å². The molecule has 2 aromatic heterocycles. The van der Waals surface area contributed by atoms with Crippen molar-refractivity contribution in [2.45, 2.75) is 6.92 Å². The summed E-state index contributed by atoms with van der Waals surface area (Å²) in [6, 6.07) is 20.2. The standard InChI is InChI=1S/C25H19FN6O2.I2/c1-15-12-18(26)21(32(33)34)13-19(15)29-25-28-14-27-24(30-25)22-17-10-6-7-11-20(17)31(2)23(22)16-8-4-3-5-9-16;1-2/h3-14H,1-2H3,(H,27,28,29,30);. The zero-order valence-corrected chi connectivity index (χ0v) is 23.4. The van der Waals surface area contributed by atoms with Crippen molar-refractivity contribution in [3.05, 3.63) is 94.6 Å². The first-order valence-corrected chi connectivity index (χ1v) is 16.9. The number of fused-ring (bicyclic) bond motifs is 1. The Balaban J connectivity index is 0.00000148. The normalized spacial score (nSPS) is 10.6. The highest BCUT2D eigenvalue weighted by molar-refractivity contribution is 15.0. The van der Waals surface area contributed by atoms with Gasteiger partial charge in [0, 0.05) is 61.2 Å². The van der Waals surface area contributed by atoms with Gasteiger partial charge in [-0.3, -0.25) is 10.1 Å². The maximum Gasteiger partial charge on any atom is 0.306 e. The smallest absolute Gasteiger partial charge is 0.306 e. The second-order valence-electron chi connectivity index (χ2n) is 7.80. The van der Waals surface area contributed by atoms with Crippen LogP contribution in [0, 0.1) is 22.9 Å². The highest BCUT2D eigenvalue weighted by Gasteiger charge is 2.21. The lowest BCUT2D eigenvalue weighted by Crippen LogP contribution is -2.03. The van der Waals surface area contributed by atoms with Gasteiger partial charge >= 0.3 is 5.69 Å². The van der Waals surface area contributed by atoms with Gasteiger partial charge in [-0.1, -0.05) is 48.5 Å². The van der Waals surface area contributed by atoms with Crippen LogP contribution in [0.15, 0.2) is 73.1 Å². The number of hydrogen-bond acceptors (Lipinski definition) is 6. The molecule has 0 aliphatic rings. The summed E-state index contributed by atoms with van der Waals surface area (Å²) in [5.74, 6) is -0.254. The molecule has 5 rings (SSSR count). The molecule has 8 nitrogen and oxygen atoms in total. The van der Waals surface area contributed by atoms with E-state index in [9.17, 15) is 14.5 Å². The summed E-state index contributed by atoms with van der Waals surface area (Å²) in [7, 11) is 2.00. The van der Waals surface area contributed by atoms with E-state index in [0.717, 1.165) is 39.9 Å². The van der Waals surface area contributed by atoms with E-state index >= 15 is 0 Å². The monoisotopic (exact) mass is 708 g/mol. The Hall–Kier alpha value is -3.20. The fraction of sp³-hybridized carbons (Fsp3) is 0.0800. The number of nitro benzene ring substituents is 1. The molecule has 0 fully saturated rings. The number of nitrogens with one attached hydrogen (secondary N) is 1. The number of anilines is 2. The first-order valence-electron chi connectivity index (χ1n) is 10.6. The average molecular weight is 708 g/mol. The molecule has 182 valence electrons. The molecule has 0 saturated heterocycles. The Labute approximate surface area is 229 Å². The predicted octanol–water partition coefficient (Wildman–Crippen LogP) is 7.57. The van der Waals surface area contributed by atoms with Gasteiger partial charge < -0.3 is 9.88 Å². The first kappa shape index (κ1) is 25.9. The number of rotatable bonds is 5. The van der Waals surface area contributed by atoms with E-state index in [2.05, 4.69) is 62.1 Å². The highest BCUT2D eigenvalue weighted by Crippen LogP contribution is 2.39. The minimum atomic E-state index is -0.896. The van der Waals surface area contributed by atoms with Crippen LogP contribution in [-0.4, -0.2) is 24.4 Å². The first-order chi connectivity index (χ1) is 17.4. The van der Waals surface area contributed by atoms with Crippen LogP contribution in [0.3, 0.4) is 0 Å². The SMILES string of the molecule is Cc1cc(F)c([N+](=O)[O-])cc1Nc1ncnc(-c2c(-c3ccccc3)n(C)c3ccccc23)n1.II. The summed E-state index contributed by atoms with van der Waals surface area (Å²) < 4.78 is 16.1. The molecule has 0 amide bonds. The third kappa shape index (κ3) is 5.02. The zero-order chi connectivity index (χ0) is 25.8. The van der Waals surface area contributed by atoms with E-state index in [1.807, 2.05) is 61.6 Å². The lowest BCUT2D eigenvalue weighted by molar-refractivity contribution is -0.387. The van der Waals surface area contributed by atoms with Crippen LogP contribution in [0.5, 0.6) is 0 Å². The Morgan fingerprint density at radius 3 is 2.44 bits per heavy atom. The molecule has 0 aliphatic heterocycles. The van der Waals surface area contributed by atoms with Crippen molar-refractivity contribution in [3.63, 3.8) is 0 Å². The largest absolute Gasteiger partial charge is 0.343 e. The van der Waals surface area contributed by atoms with Crippen LogP contribution in [0.4, 0.5) is 21.7 Å². The molecule has 36 heavy (non-hydrogen) atoms. The summed E-state index contributed by atoms with van der Waals surface area (Å²) in [5.41, 5.74) is 4.03. The summed E-state index contributed by atoms with van der Waals surface area (Å²) in [6.45, 7) is 1.65. The van der Waals surface area contributed by atoms with Gasteiger partial charge in [-0.05, 0) is 30.2 Å². The van der Waals surface area contributed by atoms with Gasteiger partial charge in [0.15, 0.2) is 5.82 Å². The van der Waals surface area contributed by atoms with Gasteiger partial charge in [0.05, 0.1) is 21.9 Å². The van der Waals surface area contributed by atoms with E-state index in [0.29, 0.717) is 17.1 Å². The topological polar surface area (TPSA) is 98.8 Å². The summed E-state index contributed by atoms with van der Waals surface area (Å²) in [4.78, 5) is 23.6. The molecular formula is C25H19FI2N6O2. The van der Waals surface area contributed by atoms with Crippen molar-refractivity contribution in [3.8, 4) is 22.6 Å². The van der Waals surface area contributed by atoms with E-state index in [1.54, 1.807) is 6.92 Å². The minimum Gasteiger partial charge on any atom is -0.343 e. The number of aromatic nitrogens is 4. The summed E-state index contributed by atoms with van der Waals surface area (Å²) >= 11 is 4.24. The van der Waals surface area contributed by atoms with Crippen LogP contribution in [0.25, 0.3) is 33.5 Å². The van der Waals surface area contributed by atoms with E-state index in [4.69, 9.17) is 0 Å².